The first-order chi connectivity index (χ1) is 19.5. The van der Waals surface area contributed by atoms with Crippen molar-refractivity contribution in [2.75, 3.05) is 38.0 Å². The molecule has 12 heteroatoms. The predicted molar refractivity (Wildman–Crippen MR) is 164 cm³/mol. The Labute approximate surface area is 248 Å². The van der Waals surface area contributed by atoms with Crippen LogP contribution in [0.3, 0.4) is 0 Å². The van der Waals surface area contributed by atoms with Crippen LogP contribution in [0.25, 0.3) is 0 Å². The summed E-state index contributed by atoms with van der Waals surface area (Å²) >= 11 is 5.37. The fourth-order valence-electron chi connectivity index (χ4n) is 4.78. The summed E-state index contributed by atoms with van der Waals surface area (Å²) in [6.45, 7) is 10.1. The van der Waals surface area contributed by atoms with Gasteiger partial charge in [0.1, 0.15) is 12.1 Å². The lowest BCUT2D eigenvalue weighted by atomic mass is 10.0. The number of sulfonamides is 1. The first-order valence-corrected chi connectivity index (χ1v) is 15.9. The number of carbonyl (C=O) groups excluding carboxylic acids is 1. The number of aryl methyl sites for hydroxylation is 1. The molecule has 0 aromatic heterocycles. The molecule has 0 unspecified atom stereocenters. The summed E-state index contributed by atoms with van der Waals surface area (Å²) in [4.78, 5) is 27.6. The number of anilines is 1. The van der Waals surface area contributed by atoms with Crippen molar-refractivity contribution >= 4 is 44.9 Å². The van der Waals surface area contributed by atoms with Crippen LogP contribution in [0.4, 0.5) is 5.69 Å². The van der Waals surface area contributed by atoms with Crippen LogP contribution in [0.1, 0.15) is 44.2 Å². The van der Waals surface area contributed by atoms with Crippen molar-refractivity contribution in [3.05, 3.63) is 59.7 Å². The molecule has 4 N–H and O–H groups in total. The van der Waals surface area contributed by atoms with E-state index in [-0.39, 0.29) is 17.9 Å². The first kappa shape index (κ1) is 32.5. The van der Waals surface area contributed by atoms with E-state index in [0.29, 0.717) is 23.5 Å². The van der Waals surface area contributed by atoms with Gasteiger partial charge < -0.3 is 26.0 Å². The molecule has 10 nitrogen and oxygen atoms in total. The van der Waals surface area contributed by atoms with E-state index in [1.165, 1.54) is 16.4 Å². The highest BCUT2D eigenvalue weighted by Crippen LogP contribution is 2.26. The lowest BCUT2D eigenvalue weighted by Crippen LogP contribution is -2.51. The largest absolute Gasteiger partial charge is 0.480 e. The molecule has 1 aliphatic heterocycles. The van der Waals surface area contributed by atoms with E-state index in [9.17, 15) is 23.1 Å². The van der Waals surface area contributed by atoms with Gasteiger partial charge in [-0.3, -0.25) is 4.79 Å². The van der Waals surface area contributed by atoms with Crippen LogP contribution in [-0.4, -0.2) is 84.5 Å². The van der Waals surface area contributed by atoms with E-state index in [0.717, 1.165) is 43.9 Å². The van der Waals surface area contributed by atoms with Crippen LogP contribution in [0.5, 0.6) is 0 Å². The lowest BCUT2D eigenvalue weighted by molar-refractivity contribution is -0.142. The third kappa shape index (κ3) is 9.22. The van der Waals surface area contributed by atoms with Crippen molar-refractivity contribution in [2.24, 2.45) is 0 Å². The minimum Gasteiger partial charge on any atom is -0.480 e. The number of amides is 1. The summed E-state index contributed by atoms with van der Waals surface area (Å²) in [6.07, 6.45) is 1.86. The summed E-state index contributed by atoms with van der Waals surface area (Å²) in [5.41, 5.74) is 2.39. The molecule has 41 heavy (non-hydrogen) atoms. The number of carboxylic acids is 1. The van der Waals surface area contributed by atoms with E-state index >= 15 is 0 Å². The Kier molecular flexibility index (Phi) is 12.1. The maximum Gasteiger partial charge on any atom is 0.326 e. The van der Waals surface area contributed by atoms with E-state index in [2.05, 4.69) is 34.7 Å². The summed E-state index contributed by atoms with van der Waals surface area (Å²) in [5, 5.41) is 19.2. The normalized spacial score (nSPS) is 16.3. The van der Waals surface area contributed by atoms with Gasteiger partial charge in [0, 0.05) is 25.2 Å². The number of hydrogen-bond acceptors (Lipinski definition) is 6. The molecule has 1 saturated heterocycles. The Morgan fingerprint density at radius 1 is 1.10 bits per heavy atom. The van der Waals surface area contributed by atoms with Gasteiger partial charge in [-0.2, -0.15) is 4.31 Å². The van der Waals surface area contributed by atoms with Gasteiger partial charge in [0.25, 0.3) is 0 Å². The zero-order valence-electron chi connectivity index (χ0n) is 23.9. The molecule has 0 bridgehead atoms. The topological polar surface area (TPSA) is 131 Å². The maximum absolute atomic E-state index is 13.2. The molecule has 1 amide bonds. The highest BCUT2D eigenvalue weighted by atomic mass is 32.2. The zero-order valence-corrected chi connectivity index (χ0v) is 25.6. The molecular weight excluding hydrogens is 562 g/mol. The smallest absolute Gasteiger partial charge is 0.326 e. The molecule has 2 atom stereocenters. The van der Waals surface area contributed by atoms with E-state index in [4.69, 9.17) is 12.2 Å². The van der Waals surface area contributed by atoms with Crippen LogP contribution in [0.15, 0.2) is 53.4 Å². The molecule has 1 aliphatic rings. The Morgan fingerprint density at radius 2 is 1.76 bits per heavy atom. The van der Waals surface area contributed by atoms with Gasteiger partial charge >= 0.3 is 5.97 Å². The number of aliphatic carboxylic acids is 1. The molecule has 224 valence electrons. The number of benzene rings is 2. The van der Waals surface area contributed by atoms with Gasteiger partial charge in [-0.05, 0) is 87.9 Å². The number of nitrogens with zero attached hydrogens (tertiary/aromatic N) is 2. The summed E-state index contributed by atoms with van der Waals surface area (Å²) in [6, 6.07) is 11.4. The second-order valence-corrected chi connectivity index (χ2v) is 12.4. The van der Waals surface area contributed by atoms with Crippen LogP contribution in [0.2, 0.25) is 0 Å². The molecule has 1 heterocycles. The second-order valence-electron chi connectivity index (χ2n) is 10.1. The van der Waals surface area contributed by atoms with Gasteiger partial charge in [-0.15, -0.1) is 0 Å². The second kappa shape index (κ2) is 15.2. The minimum atomic E-state index is -3.89. The number of thiocarbonyl (C=S) groups is 1. The van der Waals surface area contributed by atoms with E-state index < -0.39 is 34.0 Å². The van der Waals surface area contributed by atoms with Crippen molar-refractivity contribution in [1.29, 1.82) is 0 Å². The number of nitrogens with one attached hydrogen (secondary N) is 3. The van der Waals surface area contributed by atoms with Gasteiger partial charge in [0.15, 0.2) is 5.11 Å². The predicted octanol–water partition coefficient (Wildman–Crippen LogP) is 2.98. The van der Waals surface area contributed by atoms with Crippen molar-refractivity contribution in [1.82, 2.24) is 19.8 Å². The van der Waals surface area contributed by atoms with Gasteiger partial charge in [0.2, 0.25) is 15.9 Å². The maximum atomic E-state index is 13.2. The van der Waals surface area contributed by atoms with Crippen molar-refractivity contribution < 1.29 is 23.1 Å². The number of carbonyl (C=O) groups is 2. The number of rotatable bonds is 14. The quantitative estimate of drug-likeness (QED) is 0.190. The van der Waals surface area contributed by atoms with Crippen molar-refractivity contribution in [2.45, 2.75) is 63.4 Å². The van der Waals surface area contributed by atoms with Crippen molar-refractivity contribution in [3.63, 3.8) is 0 Å². The molecule has 3 rings (SSSR count). The molecule has 2 aromatic rings. The number of carboxylic acid groups (broad SMARTS) is 1. The highest BCUT2D eigenvalue weighted by Gasteiger charge is 2.40. The monoisotopic (exact) mass is 603 g/mol. The summed E-state index contributed by atoms with van der Waals surface area (Å²) in [5.74, 6) is -1.80. The summed E-state index contributed by atoms with van der Waals surface area (Å²) < 4.78 is 27.6. The minimum absolute atomic E-state index is 0.0485. The SMILES string of the molecule is CCN(CC)CCCNC(=S)Nc1ccc(C[C@H](NC(=O)[C@@H]2CCCN2S(=O)(=O)c2ccc(C)cc2)C(=O)O)cc1. The average molecular weight is 604 g/mol. The van der Waals surface area contributed by atoms with Gasteiger partial charge in [-0.1, -0.05) is 43.7 Å². The van der Waals surface area contributed by atoms with Crippen LogP contribution < -0.4 is 16.0 Å². The van der Waals surface area contributed by atoms with E-state index in [1.54, 1.807) is 36.4 Å². The Bertz CT molecular complexity index is 1280. The van der Waals surface area contributed by atoms with E-state index in [1.807, 2.05) is 6.92 Å². The fraction of sp³-hybridized carbons (Fsp3) is 0.483. The molecule has 0 spiro atoms. The average Bonchev–Trinajstić information content (AvgIpc) is 3.45. The Morgan fingerprint density at radius 3 is 2.37 bits per heavy atom. The third-order valence-electron chi connectivity index (χ3n) is 7.23. The molecule has 0 aliphatic carbocycles. The first-order valence-electron chi connectivity index (χ1n) is 14.0. The standard InChI is InChI=1S/C29H41N5O5S2/c1-4-33(5-2)18-7-17-30-29(40)31-23-13-11-22(12-14-23)20-25(28(36)37)32-27(35)26-8-6-19-34(26)41(38,39)24-15-9-21(3)10-16-24/h9-16,25-26H,4-8,17-20H2,1-3H3,(H,32,35)(H,36,37)(H2,30,31,40)/t25-,26-/m0/s1. The number of hydrogen-bond donors (Lipinski definition) is 4. The molecule has 0 radical (unpaired) electrons. The third-order valence-corrected chi connectivity index (χ3v) is 9.40. The molecule has 2 aromatic carbocycles. The molecule has 0 saturated carbocycles. The van der Waals surface area contributed by atoms with Gasteiger partial charge in [0.05, 0.1) is 4.90 Å². The Hall–Kier alpha value is -3.06. The van der Waals surface area contributed by atoms with Crippen LogP contribution >= 0.6 is 12.2 Å². The fourth-order valence-corrected chi connectivity index (χ4v) is 6.66. The lowest BCUT2D eigenvalue weighted by Gasteiger charge is -2.25. The zero-order chi connectivity index (χ0) is 30.0. The summed E-state index contributed by atoms with van der Waals surface area (Å²) in [7, 11) is -3.89. The molecule has 1 fully saturated rings. The van der Waals surface area contributed by atoms with Crippen LogP contribution in [-0.2, 0) is 26.0 Å². The van der Waals surface area contributed by atoms with Gasteiger partial charge in [-0.25, -0.2) is 13.2 Å². The van der Waals surface area contributed by atoms with Crippen LogP contribution in [0, 0.1) is 6.92 Å². The molecular formula is C29H41N5O5S2. The highest BCUT2D eigenvalue weighted by molar-refractivity contribution is 7.89. The van der Waals surface area contributed by atoms with Crippen molar-refractivity contribution in [3.8, 4) is 0 Å². The Balaban J connectivity index is 1.55.